The second-order valence-electron chi connectivity index (χ2n) is 11.2. The number of benzene rings is 4. The van der Waals surface area contributed by atoms with Crippen molar-refractivity contribution in [2.45, 2.75) is 36.0 Å². The number of hydrogen-bond acceptors (Lipinski definition) is 4. The molecule has 0 heterocycles. The average Bonchev–Trinajstić information content (AvgIpc) is 3.06. The van der Waals surface area contributed by atoms with Crippen LogP contribution in [-0.2, 0) is 11.3 Å². The molecule has 4 aromatic rings. The second kappa shape index (κ2) is 16.6. The number of nitrogen functional groups attached to an aromatic ring is 2. The molecule has 310 valence electrons. The van der Waals surface area contributed by atoms with E-state index >= 15 is 0 Å². The molecule has 25 heteroatoms. The number of carbonyl (C=O) groups excluding carboxylic acids is 2. The summed E-state index contributed by atoms with van der Waals surface area (Å²) >= 11 is 28.5. The zero-order chi connectivity index (χ0) is 43.9. The third-order valence-electron chi connectivity index (χ3n) is 7.35. The first-order valence-electron chi connectivity index (χ1n) is 14.4. The van der Waals surface area contributed by atoms with Crippen LogP contribution in [0.3, 0.4) is 0 Å². The summed E-state index contributed by atoms with van der Waals surface area (Å²) in [6.07, 6.45) is -25.3. The molecule has 0 radical (unpaired) electrons. The first-order valence-corrected chi connectivity index (χ1v) is 16.3. The van der Waals surface area contributed by atoms with Crippen LogP contribution in [0, 0.1) is 0 Å². The van der Waals surface area contributed by atoms with Crippen molar-refractivity contribution in [1.82, 2.24) is 0 Å². The van der Waals surface area contributed by atoms with E-state index in [2.05, 4.69) is 10.6 Å². The number of nitrogens with one attached hydrogen (secondary N) is 2. The molecule has 0 bridgehead atoms. The molecule has 2 amide bonds. The van der Waals surface area contributed by atoms with Crippen LogP contribution in [-0.4, -0.2) is 36.5 Å². The molecule has 0 spiro atoms. The van der Waals surface area contributed by atoms with Crippen molar-refractivity contribution >= 4 is 92.6 Å². The van der Waals surface area contributed by atoms with Gasteiger partial charge in [0.2, 0.25) is 0 Å². The normalized spacial score (nSPS) is 12.8. The summed E-state index contributed by atoms with van der Waals surface area (Å²) in [5, 5.41) is 0.935. The predicted octanol–water partition coefficient (Wildman–Crippen LogP) is 12.9. The molecule has 0 fully saturated rings. The standard InChI is InChI=1S/C16H8Cl3F7N2O.C16H9Cl2F7N2O/c17-8-3-6(1-2-11(8)27)13(29)28-12-9(18)4-7(5-10(12)19)14(20,15(21,22)23)16(24,25)26;17-10-5-8(14(19,15(20,21)22)16(23,24)25)6-11(18)12(10)27-13(28)7-1-3-9(26)4-2-7/h1-5H,27H2,(H,28,29);1-6H,26H2,(H,27,28). The maximum Gasteiger partial charge on any atom is 0.435 e. The van der Waals surface area contributed by atoms with Crippen molar-refractivity contribution in [1.29, 1.82) is 0 Å². The lowest BCUT2D eigenvalue weighted by Gasteiger charge is -2.30. The van der Waals surface area contributed by atoms with E-state index in [1.54, 1.807) is 0 Å². The highest BCUT2D eigenvalue weighted by Gasteiger charge is 2.74. The molecule has 0 unspecified atom stereocenters. The maximum absolute atomic E-state index is 14.2. The Morgan fingerprint density at radius 1 is 0.439 bits per heavy atom. The molecule has 0 aromatic heterocycles. The Morgan fingerprint density at radius 2 is 0.737 bits per heavy atom. The highest BCUT2D eigenvalue weighted by atomic mass is 35.5. The Hall–Kier alpha value is -4.11. The lowest BCUT2D eigenvalue weighted by molar-refractivity contribution is -0.349. The van der Waals surface area contributed by atoms with Gasteiger partial charge in [-0.3, -0.25) is 9.59 Å². The van der Waals surface area contributed by atoms with Crippen molar-refractivity contribution in [2.24, 2.45) is 0 Å². The van der Waals surface area contributed by atoms with Gasteiger partial charge in [0, 0.05) is 27.9 Å². The summed E-state index contributed by atoms with van der Waals surface area (Å²) in [6.45, 7) is 0. The van der Waals surface area contributed by atoms with E-state index < -0.39 is 90.4 Å². The van der Waals surface area contributed by atoms with Gasteiger partial charge in [0.05, 0.1) is 42.2 Å². The van der Waals surface area contributed by atoms with Crippen LogP contribution in [0.4, 0.5) is 84.2 Å². The average molecular weight is 933 g/mol. The Balaban J connectivity index is 0.000000306. The van der Waals surface area contributed by atoms with Gasteiger partial charge < -0.3 is 22.1 Å². The molecule has 57 heavy (non-hydrogen) atoms. The fraction of sp³-hybridized carbons (Fsp3) is 0.188. The minimum Gasteiger partial charge on any atom is -0.399 e. The first-order chi connectivity index (χ1) is 25.8. The molecule has 6 nitrogen and oxygen atoms in total. The zero-order valence-electron chi connectivity index (χ0n) is 27.0. The van der Waals surface area contributed by atoms with Crippen LogP contribution in [0.2, 0.25) is 25.1 Å². The van der Waals surface area contributed by atoms with Crippen LogP contribution in [0.25, 0.3) is 0 Å². The van der Waals surface area contributed by atoms with Crippen LogP contribution in [0.5, 0.6) is 0 Å². The first kappa shape index (κ1) is 47.3. The predicted molar refractivity (Wildman–Crippen MR) is 185 cm³/mol. The third kappa shape index (κ3) is 9.78. The Morgan fingerprint density at radius 3 is 1.04 bits per heavy atom. The Bertz CT molecular complexity index is 2090. The second-order valence-corrected chi connectivity index (χ2v) is 13.2. The number of anilines is 4. The third-order valence-corrected chi connectivity index (χ3v) is 8.87. The van der Waals surface area contributed by atoms with Crippen LogP contribution < -0.4 is 22.1 Å². The number of halogens is 19. The molecular weight excluding hydrogens is 916 g/mol. The highest BCUT2D eigenvalue weighted by molar-refractivity contribution is 6.41. The van der Waals surface area contributed by atoms with Crippen molar-refractivity contribution in [3.05, 3.63) is 114 Å². The Labute approximate surface area is 334 Å². The van der Waals surface area contributed by atoms with Gasteiger partial charge in [-0.15, -0.1) is 0 Å². The number of amides is 2. The lowest BCUT2D eigenvalue weighted by atomic mass is 9.94. The zero-order valence-corrected chi connectivity index (χ0v) is 30.8. The fourth-order valence-corrected chi connectivity index (χ4v) is 5.78. The summed E-state index contributed by atoms with van der Waals surface area (Å²) in [5.74, 6) is -1.73. The summed E-state index contributed by atoms with van der Waals surface area (Å²) in [5.41, 5.74) is -4.75. The van der Waals surface area contributed by atoms with E-state index in [1.165, 1.54) is 36.4 Å². The monoisotopic (exact) mass is 930 g/mol. The van der Waals surface area contributed by atoms with E-state index in [0.717, 1.165) is 6.07 Å². The van der Waals surface area contributed by atoms with Crippen molar-refractivity contribution in [3.8, 4) is 0 Å². The quantitative estimate of drug-likeness (QED) is 0.114. The number of carbonyl (C=O) groups is 2. The maximum atomic E-state index is 14.2. The highest BCUT2D eigenvalue weighted by Crippen LogP contribution is 2.56. The molecule has 0 saturated heterocycles. The Kier molecular flexibility index (Phi) is 13.8. The molecule has 0 aliphatic heterocycles. The summed E-state index contributed by atoms with van der Waals surface area (Å²) < 4.78 is 183. The smallest absolute Gasteiger partial charge is 0.399 e. The van der Waals surface area contributed by atoms with Gasteiger partial charge in [-0.2, -0.15) is 52.7 Å². The lowest BCUT2D eigenvalue weighted by Crippen LogP contribution is -2.50. The minimum atomic E-state index is -6.34. The molecule has 0 aliphatic carbocycles. The molecule has 0 atom stereocenters. The molecule has 0 saturated carbocycles. The SMILES string of the molecule is Nc1ccc(C(=O)Nc2c(Cl)cc(C(F)(C(F)(F)F)C(F)(F)F)cc2Cl)cc1.Nc1ccc(C(=O)Nc2c(Cl)cc(C(F)(C(F)(F)F)C(F)(F)F)cc2Cl)cc1Cl. The van der Waals surface area contributed by atoms with E-state index in [4.69, 9.17) is 69.5 Å². The number of nitrogens with two attached hydrogens (primary N) is 2. The number of alkyl halides is 14. The van der Waals surface area contributed by atoms with Gasteiger partial charge in [-0.25, -0.2) is 8.78 Å². The van der Waals surface area contributed by atoms with Crippen LogP contribution in [0.1, 0.15) is 31.8 Å². The van der Waals surface area contributed by atoms with Crippen molar-refractivity contribution in [2.75, 3.05) is 22.1 Å². The molecule has 0 aliphatic rings. The van der Waals surface area contributed by atoms with Gasteiger partial charge in [-0.1, -0.05) is 58.0 Å². The van der Waals surface area contributed by atoms with Gasteiger partial charge in [0.1, 0.15) is 0 Å². The van der Waals surface area contributed by atoms with E-state index in [9.17, 15) is 71.1 Å². The van der Waals surface area contributed by atoms with E-state index in [1.807, 2.05) is 0 Å². The minimum absolute atomic E-state index is 0.0164. The summed E-state index contributed by atoms with van der Waals surface area (Å²) in [4.78, 5) is 24.3. The molecule has 4 rings (SSSR count). The topological polar surface area (TPSA) is 110 Å². The fourth-order valence-electron chi connectivity index (χ4n) is 4.43. The van der Waals surface area contributed by atoms with Crippen molar-refractivity contribution in [3.63, 3.8) is 0 Å². The van der Waals surface area contributed by atoms with E-state index in [0.29, 0.717) is 5.69 Å². The van der Waals surface area contributed by atoms with Crippen LogP contribution in [0.15, 0.2) is 66.7 Å². The molecular formula is C32H17Cl5F14N4O2. The number of hydrogen-bond donors (Lipinski definition) is 4. The number of rotatable bonds is 6. The van der Waals surface area contributed by atoms with Gasteiger partial charge >= 0.3 is 36.0 Å². The van der Waals surface area contributed by atoms with Gasteiger partial charge in [-0.05, 0) is 66.7 Å². The van der Waals surface area contributed by atoms with Gasteiger partial charge in [0.15, 0.2) is 0 Å². The summed E-state index contributed by atoms with van der Waals surface area (Å²) in [7, 11) is 0. The van der Waals surface area contributed by atoms with Gasteiger partial charge in [0.25, 0.3) is 11.8 Å². The van der Waals surface area contributed by atoms with E-state index in [-0.39, 0.29) is 46.1 Å². The largest absolute Gasteiger partial charge is 0.435 e. The summed E-state index contributed by atoms with van der Waals surface area (Å²) in [6, 6.07) is 9.43. The molecule has 4 aromatic carbocycles. The van der Waals surface area contributed by atoms with Crippen LogP contribution >= 0.6 is 58.0 Å². The molecule has 6 N–H and O–H groups in total. The van der Waals surface area contributed by atoms with Crippen molar-refractivity contribution < 1.29 is 71.1 Å².